The van der Waals surface area contributed by atoms with Gasteiger partial charge in [-0.3, -0.25) is 20.6 Å². The summed E-state index contributed by atoms with van der Waals surface area (Å²) in [6, 6.07) is 0. The molecular formula is C20H30Br2N10. The minimum atomic E-state index is 0.343. The lowest BCUT2D eigenvalue weighted by Crippen LogP contribution is -2.24. The second kappa shape index (κ2) is 15.5. The van der Waals surface area contributed by atoms with Gasteiger partial charge in [-0.15, -0.1) is 0 Å². The number of halogens is 2. The predicted octanol–water partition coefficient (Wildman–Crippen LogP) is 4.07. The van der Waals surface area contributed by atoms with Crippen molar-refractivity contribution in [2.75, 3.05) is 23.7 Å². The highest BCUT2D eigenvalue weighted by Gasteiger charge is 1.99. The summed E-state index contributed by atoms with van der Waals surface area (Å²) in [5, 5.41) is 5.76. The van der Waals surface area contributed by atoms with Gasteiger partial charge in [0.25, 0.3) is 0 Å². The number of hydrogen-bond acceptors (Lipinski definition) is 6. The summed E-state index contributed by atoms with van der Waals surface area (Å²) in [4.78, 5) is 25.0. The summed E-state index contributed by atoms with van der Waals surface area (Å²) in [5.41, 5.74) is 11.7. The molecule has 174 valence electrons. The summed E-state index contributed by atoms with van der Waals surface area (Å²) in [6.07, 6.45) is 15.8. The maximum absolute atomic E-state index is 5.84. The molecule has 6 N–H and O–H groups in total. The lowest BCUT2D eigenvalue weighted by atomic mass is 10.1. The number of nitrogens with one attached hydrogen (secondary N) is 2. The molecule has 0 bridgehead atoms. The molecule has 12 heteroatoms. The van der Waals surface area contributed by atoms with E-state index < -0.39 is 0 Å². The first-order chi connectivity index (χ1) is 15.5. The Kier molecular flexibility index (Phi) is 12.5. The molecule has 2 heterocycles. The number of rotatable bonds is 13. The van der Waals surface area contributed by atoms with Gasteiger partial charge in [-0.05, 0) is 44.7 Å². The van der Waals surface area contributed by atoms with E-state index >= 15 is 0 Å². The van der Waals surface area contributed by atoms with E-state index in [4.69, 9.17) is 11.5 Å². The van der Waals surface area contributed by atoms with Crippen molar-refractivity contribution in [3.63, 3.8) is 0 Å². The summed E-state index contributed by atoms with van der Waals surface area (Å²) in [7, 11) is 0. The van der Waals surface area contributed by atoms with Crippen LogP contribution in [0.3, 0.4) is 0 Å². The summed E-state index contributed by atoms with van der Waals surface area (Å²) in [5.74, 6) is 1.57. The first-order valence-corrected chi connectivity index (χ1v) is 12.2. The molecule has 0 amide bonds. The fourth-order valence-electron chi connectivity index (χ4n) is 2.75. The monoisotopic (exact) mass is 568 g/mol. The molecule has 0 saturated carbocycles. The molecule has 0 aromatic carbocycles. The van der Waals surface area contributed by atoms with Gasteiger partial charge in [-0.1, -0.05) is 38.5 Å². The lowest BCUT2D eigenvalue weighted by molar-refractivity contribution is 0.572. The first-order valence-electron chi connectivity index (χ1n) is 10.6. The Hall–Kier alpha value is -2.34. The molecular weight excluding hydrogens is 540 g/mol. The van der Waals surface area contributed by atoms with E-state index in [2.05, 4.69) is 72.4 Å². The Balaban J connectivity index is 1.42. The fourth-order valence-corrected chi connectivity index (χ4v) is 3.15. The second-order valence-electron chi connectivity index (χ2n) is 7.06. The minimum Gasteiger partial charge on any atom is -0.370 e. The van der Waals surface area contributed by atoms with Crippen molar-refractivity contribution < 1.29 is 0 Å². The molecule has 32 heavy (non-hydrogen) atoms. The Morgan fingerprint density at radius 1 is 0.625 bits per heavy atom. The van der Waals surface area contributed by atoms with Crippen molar-refractivity contribution in [1.82, 2.24) is 19.9 Å². The Labute approximate surface area is 205 Å². The van der Waals surface area contributed by atoms with Crippen LogP contribution in [0.2, 0.25) is 0 Å². The van der Waals surface area contributed by atoms with Crippen molar-refractivity contribution in [2.24, 2.45) is 21.5 Å². The van der Waals surface area contributed by atoms with Crippen LogP contribution in [0, 0.1) is 0 Å². The maximum Gasteiger partial charge on any atom is 0.229 e. The van der Waals surface area contributed by atoms with Crippen LogP contribution >= 0.6 is 31.9 Å². The molecule has 2 aromatic heterocycles. The van der Waals surface area contributed by atoms with Crippen LogP contribution < -0.4 is 22.1 Å². The van der Waals surface area contributed by atoms with E-state index in [1.807, 2.05) is 0 Å². The molecule has 0 aliphatic rings. The summed E-state index contributed by atoms with van der Waals surface area (Å²) < 4.78 is 1.63. The number of nitrogens with zero attached hydrogens (tertiary/aromatic N) is 6. The zero-order valence-corrected chi connectivity index (χ0v) is 21.1. The average Bonchev–Trinajstić information content (AvgIpc) is 2.77. The van der Waals surface area contributed by atoms with E-state index in [1.165, 1.54) is 25.7 Å². The highest BCUT2D eigenvalue weighted by molar-refractivity contribution is 9.10. The molecule has 0 radical (unpaired) electrons. The van der Waals surface area contributed by atoms with Crippen molar-refractivity contribution in [2.45, 2.75) is 51.4 Å². The van der Waals surface area contributed by atoms with Gasteiger partial charge in [0.1, 0.15) is 0 Å². The van der Waals surface area contributed by atoms with Crippen molar-refractivity contribution >= 4 is 55.7 Å². The van der Waals surface area contributed by atoms with Crippen LogP contribution in [-0.4, -0.2) is 44.9 Å². The van der Waals surface area contributed by atoms with Crippen molar-refractivity contribution in [3.8, 4) is 0 Å². The zero-order valence-electron chi connectivity index (χ0n) is 18.0. The number of unbranched alkanes of at least 4 members (excludes halogenated alkanes) is 7. The second-order valence-corrected chi connectivity index (χ2v) is 8.89. The van der Waals surface area contributed by atoms with E-state index in [0.717, 1.165) is 34.6 Å². The molecule has 0 atom stereocenters. The molecule has 2 rings (SSSR count). The third kappa shape index (κ3) is 11.9. The molecule has 0 fully saturated rings. The number of nitrogens with two attached hydrogens (primary N) is 2. The Morgan fingerprint density at radius 3 is 1.28 bits per heavy atom. The molecule has 0 aliphatic carbocycles. The van der Waals surface area contributed by atoms with Gasteiger partial charge in [0.05, 0.1) is 8.95 Å². The van der Waals surface area contributed by atoms with Crippen LogP contribution in [0.4, 0.5) is 11.9 Å². The topological polar surface area (TPSA) is 152 Å². The van der Waals surface area contributed by atoms with Crippen LogP contribution in [0.5, 0.6) is 0 Å². The molecule has 0 spiro atoms. The third-order valence-electron chi connectivity index (χ3n) is 4.35. The van der Waals surface area contributed by atoms with Crippen molar-refractivity contribution in [1.29, 1.82) is 0 Å². The van der Waals surface area contributed by atoms with Gasteiger partial charge in [0, 0.05) is 37.9 Å². The quantitative estimate of drug-likeness (QED) is 0.160. The number of aromatic nitrogens is 4. The van der Waals surface area contributed by atoms with E-state index in [-0.39, 0.29) is 0 Å². The molecule has 10 nitrogen and oxygen atoms in total. The fraction of sp³-hybridized carbons (Fsp3) is 0.500. The number of anilines is 2. The number of aliphatic imine (C=N–C) groups is 2. The largest absolute Gasteiger partial charge is 0.370 e. The average molecular weight is 570 g/mol. The highest BCUT2D eigenvalue weighted by atomic mass is 79.9. The maximum atomic E-state index is 5.84. The SMILES string of the molecule is NC(=NCCCCCCCCCCN=C(N)Nc1ncc(Br)cn1)Nc1ncc(Br)cn1. The normalized spacial score (nSPS) is 12.1. The van der Waals surface area contributed by atoms with E-state index in [0.29, 0.717) is 36.9 Å². The number of guanidine groups is 2. The number of hydrogen-bond donors (Lipinski definition) is 4. The molecule has 0 saturated heterocycles. The van der Waals surface area contributed by atoms with Crippen LogP contribution in [0.25, 0.3) is 0 Å². The van der Waals surface area contributed by atoms with Gasteiger partial charge < -0.3 is 11.5 Å². The standard InChI is InChI=1S/C20H30Br2N10/c21-15-11-27-19(28-12-15)31-17(23)25-9-7-5-3-1-2-4-6-8-10-26-18(24)32-20-29-13-16(22)14-30-20/h11-14H,1-10H2,(H3,23,25,27,28,31)(H3,24,26,29,30,32). The van der Waals surface area contributed by atoms with E-state index in [1.54, 1.807) is 24.8 Å². The highest BCUT2D eigenvalue weighted by Crippen LogP contribution is 2.10. The summed E-state index contributed by atoms with van der Waals surface area (Å²) >= 11 is 6.58. The van der Waals surface area contributed by atoms with Gasteiger partial charge in [0.2, 0.25) is 11.9 Å². The van der Waals surface area contributed by atoms with Crippen molar-refractivity contribution in [3.05, 3.63) is 33.7 Å². The predicted molar refractivity (Wildman–Crippen MR) is 137 cm³/mol. The lowest BCUT2D eigenvalue weighted by Gasteiger charge is -2.04. The first kappa shape index (κ1) is 25.9. The van der Waals surface area contributed by atoms with Crippen LogP contribution in [0.15, 0.2) is 43.7 Å². The van der Waals surface area contributed by atoms with Gasteiger partial charge >= 0.3 is 0 Å². The van der Waals surface area contributed by atoms with E-state index in [9.17, 15) is 0 Å². The molecule has 0 unspecified atom stereocenters. The Bertz CT molecular complexity index is 769. The third-order valence-corrected chi connectivity index (χ3v) is 5.17. The van der Waals surface area contributed by atoms with Crippen LogP contribution in [-0.2, 0) is 0 Å². The molecule has 0 aliphatic heterocycles. The van der Waals surface area contributed by atoms with Gasteiger partial charge in [-0.2, -0.15) is 0 Å². The smallest absolute Gasteiger partial charge is 0.229 e. The summed E-state index contributed by atoms with van der Waals surface area (Å²) in [6.45, 7) is 1.40. The zero-order chi connectivity index (χ0) is 23.0. The molecule has 2 aromatic rings. The van der Waals surface area contributed by atoms with Gasteiger partial charge in [0.15, 0.2) is 11.9 Å². The minimum absolute atomic E-state index is 0.343. The van der Waals surface area contributed by atoms with Gasteiger partial charge in [-0.25, -0.2) is 19.9 Å². The Morgan fingerprint density at radius 2 is 0.938 bits per heavy atom. The van der Waals surface area contributed by atoms with Crippen LogP contribution in [0.1, 0.15) is 51.4 Å².